The van der Waals surface area contributed by atoms with Gasteiger partial charge in [0.2, 0.25) is 30.1 Å². The van der Waals surface area contributed by atoms with Crippen molar-refractivity contribution >= 4 is 88.3 Å². The minimum atomic E-state index is -4.79. The molecule has 0 fully saturated rings. The zero-order chi connectivity index (χ0) is 52.3. The first-order valence-corrected chi connectivity index (χ1v) is 30.3. The minimum Gasteiger partial charge on any atom is -0.382 e. The third-order valence-corrected chi connectivity index (χ3v) is 18.2. The lowest BCUT2D eigenvalue weighted by molar-refractivity contribution is -0.0170. The second-order valence-electron chi connectivity index (χ2n) is 18.2. The number of nitrogens with zero attached hydrogens (tertiary/aromatic N) is 3. The number of anilines is 1. The SMILES string of the molecule is CCCN(C)S(=O)(=O)c1cc(NC(C)CCCOCCOCCOCCOCCOCC(C)(C)C)c2ccc3c(S(=O)(=O)N(C)CCS(=O)(=O)O)cc(S(=O)(=O)N(C)CCS(=O)(=O)O)c4ccc1c2c34. The number of hydrogen-bond donors (Lipinski definition) is 3. The number of ether oxygens (including phenoxy) is 5. The van der Waals surface area contributed by atoms with Gasteiger partial charge >= 0.3 is 0 Å². The van der Waals surface area contributed by atoms with Crippen LogP contribution in [0.15, 0.2) is 51.1 Å². The first-order valence-electron chi connectivity index (χ1n) is 22.8. The molecule has 3 N–H and O–H groups in total. The Morgan fingerprint density at radius 3 is 1.30 bits per heavy atom. The molecular weight excluding hydrogens is 1020 g/mol. The smallest absolute Gasteiger partial charge is 0.266 e. The highest BCUT2D eigenvalue weighted by atomic mass is 32.2. The van der Waals surface area contributed by atoms with Crippen LogP contribution in [-0.2, 0) is 74.0 Å². The van der Waals surface area contributed by atoms with Crippen LogP contribution in [0.25, 0.3) is 32.3 Å². The van der Waals surface area contributed by atoms with Gasteiger partial charge in [0.1, 0.15) is 0 Å². The summed E-state index contributed by atoms with van der Waals surface area (Å²) in [6.07, 6.45) is 1.65. The Kier molecular flexibility index (Phi) is 21.6. The monoisotopic (exact) mass is 1090 g/mol. The zero-order valence-electron chi connectivity index (χ0n) is 41.2. The number of nitrogens with one attached hydrogen (secondary N) is 1. The fraction of sp³-hybridized carbons (Fsp3) is 0.636. The van der Waals surface area contributed by atoms with Crippen LogP contribution in [-0.4, -0.2) is 189 Å². The van der Waals surface area contributed by atoms with E-state index in [1.165, 1.54) is 35.6 Å². The quantitative estimate of drug-likeness (QED) is 0.0340. The zero-order valence-corrected chi connectivity index (χ0v) is 45.3. The Bertz CT molecular complexity index is 2840. The largest absolute Gasteiger partial charge is 0.382 e. The van der Waals surface area contributed by atoms with Crippen LogP contribution in [0.1, 0.15) is 53.9 Å². The van der Waals surface area contributed by atoms with Crippen molar-refractivity contribution in [2.75, 3.05) is 124 Å². The van der Waals surface area contributed by atoms with Gasteiger partial charge in [-0.2, -0.15) is 25.4 Å². The molecule has 398 valence electrons. The molecule has 26 heteroatoms. The summed E-state index contributed by atoms with van der Waals surface area (Å²) >= 11 is 0. The summed E-state index contributed by atoms with van der Waals surface area (Å²) in [5.74, 6) is -1.97. The Hall–Kier alpha value is -2.93. The summed E-state index contributed by atoms with van der Waals surface area (Å²) in [6.45, 7) is 13.2. The molecule has 0 bridgehead atoms. The average Bonchev–Trinajstić information content (AvgIpc) is 3.26. The van der Waals surface area contributed by atoms with Crippen molar-refractivity contribution < 1.29 is 74.9 Å². The average molecular weight is 1090 g/mol. The van der Waals surface area contributed by atoms with E-state index in [2.05, 4.69) is 26.1 Å². The summed E-state index contributed by atoms with van der Waals surface area (Å²) in [4.78, 5) is -1.34. The number of benzene rings is 4. The van der Waals surface area contributed by atoms with Crippen molar-refractivity contribution in [3.05, 3.63) is 36.4 Å². The van der Waals surface area contributed by atoms with E-state index in [0.29, 0.717) is 105 Å². The van der Waals surface area contributed by atoms with Crippen molar-refractivity contribution in [2.24, 2.45) is 5.41 Å². The maximum atomic E-state index is 14.4. The van der Waals surface area contributed by atoms with E-state index in [4.69, 9.17) is 23.7 Å². The predicted octanol–water partition coefficient (Wildman–Crippen LogP) is 4.34. The molecule has 4 rings (SSSR count). The molecule has 0 spiro atoms. The highest BCUT2D eigenvalue weighted by Crippen LogP contribution is 2.46. The summed E-state index contributed by atoms with van der Waals surface area (Å²) in [7, 11) is -19.6. The molecule has 0 aromatic heterocycles. The van der Waals surface area contributed by atoms with Gasteiger partial charge in [-0.05, 0) is 43.7 Å². The van der Waals surface area contributed by atoms with E-state index in [1.807, 2.05) is 13.8 Å². The molecule has 0 saturated carbocycles. The van der Waals surface area contributed by atoms with E-state index in [0.717, 1.165) is 20.2 Å². The molecule has 0 saturated heterocycles. The van der Waals surface area contributed by atoms with E-state index in [9.17, 15) is 51.2 Å². The molecule has 1 unspecified atom stereocenters. The molecule has 70 heavy (non-hydrogen) atoms. The highest BCUT2D eigenvalue weighted by molar-refractivity contribution is 7.90. The second kappa shape index (κ2) is 25.3. The summed E-state index contributed by atoms with van der Waals surface area (Å²) in [5, 5.41) is 4.15. The van der Waals surface area contributed by atoms with Gasteiger partial charge in [-0.25, -0.2) is 29.6 Å². The molecule has 0 aliphatic carbocycles. The van der Waals surface area contributed by atoms with Crippen LogP contribution in [0, 0.1) is 5.41 Å². The molecule has 0 heterocycles. The van der Waals surface area contributed by atoms with Crippen LogP contribution < -0.4 is 5.32 Å². The standard InChI is InChI=1S/C44H70N4O17S5/c1-9-16-46(6)68(55,56)39-30-38(45-33(2)11-10-19-61-20-21-62-22-23-63-24-25-64-26-27-65-32-44(3,4)5)34-12-13-36-40(69(57,58)47(7)17-28-66(49,50)51)31-41(37-15-14-35(39)42(34)43(36)37)70(59,60)48(8)18-29-67(52,53)54/h12-15,30-31,33,45H,9-11,16-29,32H2,1-8H3,(H,49,50,51)(H,52,53,54). The Balaban J connectivity index is 1.63. The van der Waals surface area contributed by atoms with Crippen molar-refractivity contribution in [3.63, 3.8) is 0 Å². The molecule has 4 aromatic carbocycles. The van der Waals surface area contributed by atoms with Crippen LogP contribution in [0.4, 0.5) is 5.69 Å². The van der Waals surface area contributed by atoms with Crippen LogP contribution >= 0.6 is 0 Å². The predicted molar refractivity (Wildman–Crippen MR) is 269 cm³/mol. The van der Waals surface area contributed by atoms with Gasteiger partial charge in [0.05, 0.1) is 85.7 Å². The number of rotatable bonds is 33. The van der Waals surface area contributed by atoms with Gasteiger partial charge < -0.3 is 29.0 Å². The van der Waals surface area contributed by atoms with Crippen molar-refractivity contribution in [1.82, 2.24) is 12.9 Å². The van der Waals surface area contributed by atoms with Gasteiger partial charge in [0, 0.05) is 91.4 Å². The van der Waals surface area contributed by atoms with Crippen LogP contribution in [0.5, 0.6) is 0 Å². The number of hydrogen-bond acceptors (Lipinski definition) is 16. The molecule has 21 nitrogen and oxygen atoms in total. The lowest BCUT2D eigenvalue weighted by Crippen LogP contribution is -2.33. The molecule has 1 atom stereocenters. The van der Waals surface area contributed by atoms with Crippen molar-refractivity contribution in [3.8, 4) is 0 Å². The van der Waals surface area contributed by atoms with Gasteiger partial charge in [-0.1, -0.05) is 52.0 Å². The lowest BCUT2D eigenvalue weighted by atomic mass is 9.93. The van der Waals surface area contributed by atoms with Crippen molar-refractivity contribution in [2.45, 2.75) is 74.6 Å². The van der Waals surface area contributed by atoms with Crippen LogP contribution in [0.2, 0.25) is 0 Å². The maximum Gasteiger partial charge on any atom is 0.266 e. The van der Waals surface area contributed by atoms with E-state index >= 15 is 0 Å². The molecular formula is C44H70N4O17S5. The Morgan fingerprint density at radius 2 is 0.900 bits per heavy atom. The fourth-order valence-electron chi connectivity index (χ4n) is 7.41. The second-order valence-corrected chi connectivity index (χ2v) is 27.4. The first kappa shape index (κ1) is 59.6. The molecule has 0 radical (unpaired) electrons. The summed E-state index contributed by atoms with van der Waals surface area (Å²) in [5.41, 5.74) is 0.455. The maximum absolute atomic E-state index is 14.4. The van der Waals surface area contributed by atoms with E-state index < -0.39 is 84.7 Å². The third-order valence-electron chi connectivity index (χ3n) is 11.1. The van der Waals surface area contributed by atoms with Crippen LogP contribution in [0.3, 0.4) is 0 Å². The minimum absolute atomic E-state index is 0.0335. The molecule has 0 aliphatic rings. The number of sulfonamides is 3. The van der Waals surface area contributed by atoms with Gasteiger partial charge in [-0.15, -0.1) is 0 Å². The highest BCUT2D eigenvalue weighted by Gasteiger charge is 2.34. The van der Waals surface area contributed by atoms with Gasteiger partial charge in [-0.3, -0.25) is 9.11 Å². The Morgan fingerprint density at radius 1 is 0.543 bits per heavy atom. The normalized spacial score (nSPS) is 14.1. The molecule has 0 aliphatic heterocycles. The molecule has 4 aromatic rings. The van der Waals surface area contributed by atoms with Crippen molar-refractivity contribution in [1.29, 1.82) is 0 Å². The van der Waals surface area contributed by atoms with Gasteiger partial charge in [0.15, 0.2) is 0 Å². The lowest BCUT2D eigenvalue weighted by Gasteiger charge is -2.26. The topological polar surface area (TPSA) is 279 Å². The first-order chi connectivity index (χ1) is 32.5. The molecule has 0 amide bonds. The summed E-state index contributed by atoms with van der Waals surface area (Å²) in [6, 6.07) is 7.91. The van der Waals surface area contributed by atoms with Gasteiger partial charge in [0.25, 0.3) is 20.2 Å². The van der Waals surface area contributed by atoms with E-state index in [-0.39, 0.29) is 49.8 Å². The van der Waals surface area contributed by atoms with E-state index in [1.54, 1.807) is 6.07 Å². The third kappa shape index (κ3) is 16.5. The fourth-order valence-corrected chi connectivity index (χ4v) is 13.0. The Labute approximate surface area is 414 Å². The summed E-state index contributed by atoms with van der Waals surface area (Å²) < 4.78 is 182.